The number of carbonyl (C=O) groups is 2. The Morgan fingerprint density at radius 2 is 1.81 bits per heavy atom. The zero-order valence-corrected chi connectivity index (χ0v) is 11.0. The molecule has 0 radical (unpaired) electrons. The third-order valence-corrected chi connectivity index (χ3v) is 2.43. The quantitative estimate of drug-likeness (QED) is 0.747. The van der Waals surface area contributed by atoms with E-state index in [2.05, 4.69) is 19.2 Å². The Bertz CT molecular complexity index is 239. The van der Waals surface area contributed by atoms with Crippen molar-refractivity contribution in [2.24, 2.45) is 5.92 Å². The summed E-state index contributed by atoms with van der Waals surface area (Å²) in [6, 6.07) is 0.0568. The minimum atomic E-state index is -0.0368. The molecule has 0 aromatic heterocycles. The lowest BCUT2D eigenvalue weighted by Gasteiger charge is -2.27. The Labute approximate surface area is 98.4 Å². The van der Waals surface area contributed by atoms with Gasteiger partial charge in [-0.3, -0.25) is 9.59 Å². The van der Waals surface area contributed by atoms with E-state index in [4.69, 9.17) is 0 Å². The van der Waals surface area contributed by atoms with Crippen molar-refractivity contribution in [3.05, 3.63) is 0 Å². The van der Waals surface area contributed by atoms with Gasteiger partial charge in [-0.05, 0) is 19.3 Å². The van der Waals surface area contributed by atoms with E-state index in [1.165, 1.54) is 6.92 Å². The van der Waals surface area contributed by atoms with E-state index in [1.807, 2.05) is 6.92 Å². The minimum Gasteiger partial charge on any atom is -0.352 e. The van der Waals surface area contributed by atoms with Crippen molar-refractivity contribution < 1.29 is 9.59 Å². The number of nitrogens with one attached hydrogen (secondary N) is 1. The standard InChI is InChI=1S/C12H24N2O2/c1-6-14(11(5)16)8-12(7-9(2)3)13-10(4)15/h9,12H,6-8H2,1-5H3,(H,13,15)/t12-/m0/s1. The molecule has 1 N–H and O–H groups in total. The zero-order chi connectivity index (χ0) is 12.7. The summed E-state index contributed by atoms with van der Waals surface area (Å²) in [5.74, 6) is 0.523. The first-order chi connectivity index (χ1) is 7.36. The molecule has 0 aromatic carbocycles. The highest BCUT2D eigenvalue weighted by Gasteiger charge is 2.17. The summed E-state index contributed by atoms with van der Waals surface area (Å²) in [4.78, 5) is 24.1. The van der Waals surface area contributed by atoms with E-state index in [0.29, 0.717) is 19.0 Å². The minimum absolute atomic E-state index is 0.0368. The van der Waals surface area contributed by atoms with Crippen molar-refractivity contribution in [3.8, 4) is 0 Å². The van der Waals surface area contributed by atoms with Crippen molar-refractivity contribution in [2.45, 2.75) is 47.1 Å². The summed E-state index contributed by atoms with van der Waals surface area (Å²) in [7, 11) is 0. The van der Waals surface area contributed by atoms with E-state index in [1.54, 1.807) is 11.8 Å². The number of rotatable bonds is 6. The Morgan fingerprint density at radius 1 is 1.25 bits per heavy atom. The Hall–Kier alpha value is -1.06. The number of nitrogens with zero attached hydrogens (tertiary/aromatic N) is 1. The largest absolute Gasteiger partial charge is 0.352 e. The van der Waals surface area contributed by atoms with Crippen molar-refractivity contribution >= 4 is 11.8 Å². The number of hydrogen-bond donors (Lipinski definition) is 1. The van der Waals surface area contributed by atoms with Crippen molar-refractivity contribution in [1.82, 2.24) is 10.2 Å². The monoisotopic (exact) mass is 228 g/mol. The van der Waals surface area contributed by atoms with Crippen molar-refractivity contribution in [1.29, 1.82) is 0 Å². The van der Waals surface area contributed by atoms with Crippen LogP contribution in [0.5, 0.6) is 0 Å². The second kappa shape index (κ2) is 7.25. The predicted molar refractivity (Wildman–Crippen MR) is 65.0 cm³/mol. The average Bonchev–Trinajstić information content (AvgIpc) is 2.11. The normalized spacial score (nSPS) is 12.4. The van der Waals surface area contributed by atoms with Crippen LogP contribution >= 0.6 is 0 Å². The van der Waals surface area contributed by atoms with Crippen LogP contribution in [0.25, 0.3) is 0 Å². The fraction of sp³-hybridized carbons (Fsp3) is 0.833. The van der Waals surface area contributed by atoms with E-state index >= 15 is 0 Å². The van der Waals surface area contributed by atoms with Crippen LogP contribution in [0.2, 0.25) is 0 Å². The topological polar surface area (TPSA) is 49.4 Å². The second-order valence-electron chi connectivity index (χ2n) is 4.58. The average molecular weight is 228 g/mol. The number of likely N-dealkylation sites (N-methyl/N-ethyl adjacent to an activating group) is 1. The summed E-state index contributed by atoms with van der Waals surface area (Å²) in [6.45, 7) is 10.5. The fourth-order valence-electron chi connectivity index (χ4n) is 1.78. The lowest BCUT2D eigenvalue weighted by atomic mass is 10.0. The smallest absolute Gasteiger partial charge is 0.219 e. The molecule has 94 valence electrons. The summed E-state index contributed by atoms with van der Waals surface area (Å²) in [5.41, 5.74) is 0. The van der Waals surface area contributed by atoms with Crippen molar-refractivity contribution in [3.63, 3.8) is 0 Å². The molecule has 4 nitrogen and oxygen atoms in total. The Kier molecular flexibility index (Phi) is 6.77. The van der Waals surface area contributed by atoms with Crippen LogP contribution in [-0.2, 0) is 9.59 Å². The molecule has 0 spiro atoms. The number of amides is 2. The van der Waals surface area contributed by atoms with Gasteiger partial charge >= 0.3 is 0 Å². The summed E-state index contributed by atoms with van der Waals surface area (Å²) < 4.78 is 0. The molecule has 0 heterocycles. The molecular weight excluding hydrogens is 204 g/mol. The maximum atomic E-state index is 11.3. The van der Waals surface area contributed by atoms with Gasteiger partial charge in [-0.25, -0.2) is 0 Å². The summed E-state index contributed by atoms with van der Waals surface area (Å²) in [6.07, 6.45) is 0.892. The zero-order valence-electron chi connectivity index (χ0n) is 11.0. The van der Waals surface area contributed by atoms with Gasteiger partial charge in [-0.1, -0.05) is 13.8 Å². The van der Waals surface area contributed by atoms with E-state index in [-0.39, 0.29) is 17.9 Å². The second-order valence-corrected chi connectivity index (χ2v) is 4.58. The Balaban J connectivity index is 4.38. The molecule has 0 saturated heterocycles. The maximum absolute atomic E-state index is 11.3. The summed E-state index contributed by atoms with van der Waals surface area (Å²) >= 11 is 0. The van der Waals surface area contributed by atoms with E-state index in [0.717, 1.165) is 6.42 Å². The molecule has 4 heteroatoms. The van der Waals surface area contributed by atoms with Gasteiger partial charge in [0.2, 0.25) is 11.8 Å². The van der Waals surface area contributed by atoms with Gasteiger partial charge in [-0.15, -0.1) is 0 Å². The van der Waals surface area contributed by atoms with Gasteiger partial charge in [0.25, 0.3) is 0 Å². The predicted octanol–water partition coefficient (Wildman–Crippen LogP) is 1.41. The Morgan fingerprint density at radius 3 is 2.12 bits per heavy atom. The van der Waals surface area contributed by atoms with Crippen LogP contribution in [0.15, 0.2) is 0 Å². The van der Waals surface area contributed by atoms with Crippen LogP contribution in [0.1, 0.15) is 41.0 Å². The highest BCUT2D eigenvalue weighted by molar-refractivity contribution is 5.74. The molecule has 0 aliphatic carbocycles. The van der Waals surface area contributed by atoms with Crippen LogP contribution in [0, 0.1) is 5.92 Å². The van der Waals surface area contributed by atoms with Crippen molar-refractivity contribution in [2.75, 3.05) is 13.1 Å². The molecular formula is C12H24N2O2. The number of hydrogen-bond acceptors (Lipinski definition) is 2. The lowest BCUT2D eigenvalue weighted by molar-refractivity contribution is -0.130. The first-order valence-electron chi connectivity index (χ1n) is 5.89. The third kappa shape index (κ3) is 6.43. The van der Waals surface area contributed by atoms with Crippen LogP contribution in [0.4, 0.5) is 0 Å². The molecule has 0 rings (SSSR count). The van der Waals surface area contributed by atoms with Crippen LogP contribution < -0.4 is 5.32 Å². The maximum Gasteiger partial charge on any atom is 0.219 e. The van der Waals surface area contributed by atoms with Crippen LogP contribution in [-0.4, -0.2) is 35.8 Å². The molecule has 16 heavy (non-hydrogen) atoms. The molecule has 0 fully saturated rings. The number of carbonyl (C=O) groups excluding carboxylic acids is 2. The molecule has 2 amide bonds. The van der Waals surface area contributed by atoms with Gasteiger partial charge in [0, 0.05) is 33.0 Å². The van der Waals surface area contributed by atoms with Gasteiger partial charge < -0.3 is 10.2 Å². The molecule has 0 bridgehead atoms. The van der Waals surface area contributed by atoms with Gasteiger partial charge in [0.05, 0.1) is 0 Å². The van der Waals surface area contributed by atoms with Gasteiger partial charge in [-0.2, -0.15) is 0 Å². The first kappa shape index (κ1) is 14.9. The molecule has 1 atom stereocenters. The third-order valence-electron chi connectivity index (χ3n) is 2.43. The van der Waals surface area contributed by atoms with E-state index in [9.17, 15) is 9.59 Å². The SMILES string of the molecule is CCN(C[C@H](CC(C)C)NC(C)=O)C(C)=O. The highest BCUT2D eigenvalue weighted by atomic mass is 16.2. The molecule has 0 aromatic rings. The molecule has 0 unspecified atom stereocenters. The van der Waals surface area contributed by atoms with Gasteiger partial charge in [0.15, 0.2) is 0 Å². The van der Waals surface area contributed by atoms with E-state index < -0.39 is 0 Å². The lowest BCUT2D eigenvalue weighted by Crippen LogP contribution is -2.45. The van der Waals surface area contributed by atoms with Crippen LogP contribution in [0.3, 0.4) is 0 Å². The van der Waals surface area contributed by atoms with Gasteiger partial charge in [0.1, 0.15) is 0 Å². The first-order valence-corrected chi connectivity index (χ1v) is 5.89. The molecule has 0 aliphatic rings. The summed E-state index contributed by atoms with van der Waals surface area (Å²) in [5, 5.41) is 2.90. The fourth-order valence-corrected chi connectivity index (χ4v) is 1.78. The molecule has 0 aliphatic heterocycles. The highest BCUT2D eigenvalue weighted by Crippen LogP contribution is 2.06. The molecule has 0 saturated carbocycles.